The smallest absolute Gasteiger partial charge is 0.323 e. The van der Waals surface area contributed by atoms with Gasteiger partial charge in [0.25, 0.3) is 0 Å². The Hall–Kier alpha value is -3.35. The van der Waals surface area contributed by atoms with Crippen LogP contribution < -0.4 is 5.73 Å². The third-order valence-corrected chi connectivity index (χ3v) is 8.26. The first-order chi connectivity index (χ1) is 17.4. The Kier molecular flexibility index (Phi) is 6.99. The summed E-state index contributed by atoms with van der Waals surface area (Å²) in [4.78, 5) is 26.1. The van der Waals surface area contributed by atoms with Gasteiger partial charge in [0.05, 0.1) is 0 Å². The van der Waals surface area contributed by atoms with Crippen LogP contribution in [0.5, 0.6) is 0 Å². The number of fused-ring (bicyclic) bond motifs is 3. The summed E-state index contributed by atoms with van der Waals surface area (Å²) in [6.07, 6.45) is 7.53. The van der Waals surface area contributed by atoms with Crippen molar-refractivity contribution in [2.45, 2.75) is 64.0 Å². The molecule has 6 nitrogen and oxygen atoms in total. The van der Waals surface area contributed by atoms with E-state index in [4.69, 9.17) is 5.73 Å². The number of rotatable bonds is 7. The minimum atomic E-state index is -0.929. The molecule has 2 aromatic carbocycles. The minimum Gasteiger partial charge on any atom is -0.480 e. The van der Waals surface area contributed by atoms with E-state index < -0.39 is 12.0 Å². The molecule has 1 fully saturated rings. The predicted molar refractivity (Wildman–Crippen MR) is 137 cm³/mol. The fourth-order valence-electron chi connectivity index (χ4n) is 6.57. The number of carboxylic acids is 1. The van der Waals surface area contributed by atoms with E-state index in [1.807, 2.05) is 11.0 Å². The number of carboxylic acid groups (broad SMARTS) is 1. The lowest BCUT2D eigenvalue weighted by Gasteiger charge is -2.40. The molecular weight excluding hydrogens is 457 g/mol. The lowest BCUT2D eigenvalue weighted by molar-refractivity contribution is -0.137. The fourth-order valence-corrected chi connectivity index (χ4v) is 6.57. The molecule has 3 atom stereocenters. The van der Waals surface area contributed by atoms with Gasteiger partial charge in [0.2, 0.25) is 0 Å². The highest BCUT2D eigenvalue weighted by Crippen LogP contribution is 2.37. The highest BCUT2D eigenvalue weighted by molar-refractivity contribution is 5.87. The van der Waals surface area contributed by atoms with Crippen molar-refractivity contribution in [2.24, 2.45) is 17.6 Å². The average molecular weight is 492 g/mol. The third kappa shape index (κ3) is 4.97. The predicted octanol–water partition coefficient (Wildman–Crippen LogP) is 5.15. The van der Waals surface area contributed by atoms with E-state index in [0.29, 0.717) is 37.6 Å². The summed E-state index contributed by atoms with van der Waals surface area (Å²) in [5, 5.41) is 10.2. The number of aromatic nitrogens is 1. The van der Waals surface area contributed by atoms with Crippen LogP contribution in [0.4, 0.5) is 9.18 Å². The molecule has 0 unspecified atom stereocenters. The van der Waals surface area contributed by atoms with Gasteiger partial charge in [0.15, 0.2) is 0 Å². The lowest BCUT2D eigenvalue weighted by Crippen LogP contribution is -2.49. The number of halogens is 1. The average Bonchev–Trinajstić information content (AvgIpc) is 3.15. The van der Waals surface area contributed by atoms with E-state index >= 15 is 0 Å². The Bertz CT molecular complexity index is 1260. The van der Waals surface area contributed by atoms with Crippen LogP contribution in [0.3, 0.4) is 0 Å². The summed E-state index contributed by atoms with van der Waals surface area (Å²) >= 11 is 0. The van der Waals surface area contributed by atoms with Gasteiger partial charge in [-0.15, -0.1) is 0 Å². The Balaban J connectivity index is 1.40. The molecule has 190 valence electrons. The molecule has 7 heteroatoms. The SMILES string of the molecule is NC(=O)N(C[C@H]1CCCC[C@H]1Cc1ccccc1)[C@H]1CCc2c(c3cc(F)ccc3n2CC(=O)O)C1. The number of hydrogen-bond acceptors (Lipinski definition) is 2. The molecule has 1 saturated carbocycles. The molecule has 3 N–H and O–H groups in total. The van der Waals surface area contributed by atoms with Crippen LogP contribution in [0.1, 0.15) is 48.9 Å². The number of primary amides is 1. The lowest BCUT2D eigenvalue weighted by atomic mass is 9.75. The van der Waals surface area contributed by atoms with Crippen LogP contribution in [-0.2, 0) is 30.6 Å². The summed E-state index contributed by atoms with van der Waals surface area (Å²) in [5.41, 5.74) is 9.88. The van der Waals surface area contributed by atoms with Crippen molar-refractivity contribution in [3.8, 4) is 0 Å². The van der Waals surface area contributed by atoms with Gasteiger partial charge in [0.1, 0.15) is 12.4 Å². The minimum absolute atomic E-state index is 0.0820. The molecule has 5 rings (SSSR count). The number of benzene rings is 2. The molecule has 1 heterocycles. The van der Waals surface area contributed by atoms with Gasteiger partial charge in [-0.3, -0.25) is 4.79 Å². The molecule has 2 aliphatic carbocycles. The maximum absolute atomic E-state index is 14.2. The maximum Gasteiger partial charge on any atom is 0.323 e. The molecule has 2 aliphatic rings. The molecule has 0 bridgehead atoms. The molecule has 0 aliphatic heterocycles. The van der Waals surface area contributed by atoms with Gasteiger partial charge in [-0.05, 0) is 79.7 Å². The van der Waals surface area contributed by atoms with E-state index in [9.17, 15) is 19.1 Å². The van der Waals surface area contributed by atoms with Crippen LogP contribution in [0.25, 0.3) is 10.9 Å². The van der Waals surface area contributed by atoms with E-state index in [1.165, 1.54) is 30.5 Å². The van der Waals surface area contributed by atoms with Crippen LogP contribution in [0, 0.1) is 17.7 Å². The molecule has 1 aromatic heterocycles. The van der Waals surface area contributed by atoms with Crippen LogP contribution in [0.15, 0.2) is 48.5 Å². The fraction of sp³-hybridized carbons (Fsp3) is 0.448. The second kappa shape index (κ2) is 10.3. The van der Waals surface area contributed by atoms with Gasteiger partial charge in [-0.1, -0.05) is 43.2 Å². The molecule has 2 amide bonds. The van der Waals surface area contributed by atoms with E-state index in [1.54, 1.807) is 10.6 Å². The number of amides is 2. The van der Waals surface area contributed by atoms with Crippen molar-refractivity contribution in [3.05, 3.63) is 71.2 Å². The standard InChI is InChI=1S/C29H34FN3O3/c30-22-10-12-26-24(15-22)25-16-23(11-13-27(25)33(26)18-28(34)35)32(29(31)36)17-21-9-5-4-8-20(21)14-19-6-2-1-3-7-19/h1-3,6-7,10,12,15,20-21,23H,4-5,8-9,11,13-14,16-18H2,(H2,31,36)(H,34,35)/t20-,21+,23-/m0/s1. The van der Waals surface area contributed by atoms with E-state index in [-0.39, 0.29) is 18.4 Å². The first-order valence-electron chi connectivity index (χ1n) is 13.0. The van der Waals surface area contributed by atoms with Crippen molar-refractivity contribution in [1.29, 1.82) is 0 Å². The zero-order valence-corrected chi connectivity index (χ0v) is 20.5. The van der Waals surface area contributed by atoms with E-state index in [2.05, 4.69) is 24.3 Å². The first kappa shape index (κ1) is 24.3. The Morgan fingerprint density at radius 3 is 2.53 bits per heavy atom. The zero-order chi connectivity index (χ0) is 25.2. The van der Waals surface area contributed by atoms with Crippen molar-refractivity contribution in [3.63, 3.8) is 0 Å². The molecule has 36 heavy (non-hydrogen) atoms. The summed E-state index contributed by atoms with van der Waals surface area (Å²) in [6.45, 7) is 0.472. The summed E-state index contributed by atoms with van der Waals surface area (Å²) in [5.74, 6) is -0.383. The Morgan fingerprint density at radius 1 is 1.06 bits per heavy atom. The molecule has 0 saturated heterocycles. The van der Waals surface area contributed by atoms with Crippen molar-refractivity contribution in [1.82, 2.24) is 9.47 Å². The largest absolute Gasteiger partial charge is 0.480 e. The van der Waals surface area contributed by atoms with E-state index in [0.717, 1.165) is 41.4 Å². The quantitative estimate of drug-likeness (QED) is 0.479. The van der Waals surface area contributed by atoms with Gasteiger partial charge < -0.3 is 20.3 Å². The van der Waals surface area contributed by atoms with Crippen LogP contribution >= 0.6 is 0 Å². The first-order valence-corrected chi connectivity index (χ1v) is 13.0. The summed E-state index contributed by atoms with van der Waals surface area (Å²) in [7, 11) is 0. The number of carbonyl (C=O) groups excluding carboxylic acids is 1. The van der Waals surface area contributed by atoms with Crippen molar-refractivity contribution >= 4 is 22.9 Å². The van der Waals surface area contributed by atoms with Crippen LogP contribution in [0.2, 0.25) is 0 Å². The molecule has 0 spiro atoms. The van der Waals surface area contributed by atoms with Gasteiger partial charge >= 0.3 is 12.0 Å². The highest BCUT2D eigenvalue weighted by atomic mass is 19.1. The second-order valence-electron chi connectivity index (χ2n) is 10.4. The molecule has 0 radical (unpaired) electrons. The monoisotopic (exact) mass is 491 g/mol. The summed E-state index contributed by atoms with van der Waals surface area (Å²) in [6, 6.07) is 14.6. The van der Waals surface area contributed by atoms with Crippen molar-refractivity contribution in [2.75, 3.05) is 6.54 Å². The molecule has 3 aromatic rings. The number of carbonyl (C=O) groups is 2. The zero-order valence-electron chi connectivity index (χ0n) is 20.5. The Morgan fingerprint density at radius 2 is 1.81 bits per heavy atom. The normalized spacial score (nSPS) is 21.8. The van der Waals surface area contributed by atoms with Crippen molar-refractivity contribution < 1.29 is 19.1 Å². The van der Waals surface area contributed by atoms with Gasteiger partial charge in [-0.25, -0.2) is 9.18 Å². The number of urea groups is 1. The number of nitrogens with two attached hydrogens (primary N) is 1. The number of nitrogens with zero attached hydrogens (tertiary/aromatic N) is 2. The van der Waals surface area contributed by atoms with Gasteiger partial charge in [-0.2, -0.15) is 0 Å². The maximum atomic E-state index is 14.2. The third-order valence-electron chi connectivity index (χ3n) is 8.26. The topological polar surface area (TPSA) is 88.6 Å². The van der Waals surface area contributed by atoms with Gasteiger partial charge in [0, 0.05) is 29.2 Å². The Labute approximate surface area is 210 Å². The number of hydrogen-bond donors (Lipinski definition) is 2. The summed E-state index contributed by atoms with van der Waals surface area (Å²) < 4.78 is 16.0. The van der Waals surface area contributed by atoms with Crippen LogP contribution in [-0.4, -0.2) is 39.2 Å². The highest BCUT2D eigenvalue weighted by Gasteiger charge is 2.34. The molecular formula is C29H34FN3O3. The second-order valence-corrected chi connectivity index (χ2v) is 10.4. The number of aliphatic carboxylic acids is 1.